The average molecular weight is 286 g/mol. The molecule has 1 rings (SSSR count). The topological polar surface area (TPSA) is 21.3 Å². The van der Waals surface area contributed by atoms with Crippen molar-refractivity contribution in [2.45, 2.75) is 26.4 Å². The Labute approximate surface area is 107 Å². The maximum absolute atomic E-state index is 5.59. The zero-order chi connectivity index (χ0) is 11.6. The third-order valence-electron chi connectivity index (χ3n) is 2.23. The van der Waals surface area contributed by atoms with Crippen LogP contribution in [0.4, 0.5) is 0 Å². The van der Waals surface area contributed by atoms with Crippen molar-refractivity contribution >= 4 is 15.9 Å². The van der Waals surface area contributed by atoms with E-state index in [9.17, 15) is 0 Å². The summed E-state index contributed by atoms with van der Waals surface area (Å²) in [6.07, 6.45) is 2.27. The van der Waals surface area contributed by atoms with Gasteiger partial charge in [0.1, 0.15) is 0 Å². The number of ether oxygens (including phenoxy) is 1. The zero-order valence-electron chi connectivity index (χ0n) is 9.84. The summed E-state index contributed by atoms with van der Waals surface area (Å²) in [5, 5.41) is 3.36. The van der Waals surface area contributed by atoms with Crippen LogP contribution in [0.1, 0.15) is 25.3 Å². The van der Waals surface area contributed by atoms with Gasteiger partial charge in [0.2, 0.25) is 0 Å². The van der Waals surface area contributed by atoms with Crippen molar-refractivity contribution in [2.75, 3.05) is 19.7 Å². The summed E-state index contributed by atoms with van der Waals surface area (Å²) in [7, 11) is 0. The quantitative estimate of drug-likeness (QED) is 0.740. The summed E-state index contributed by atoms with van der Waals surface area (Å²) in [6.45, 7) is 5.85. The van der Waals surface area contributed by atoms with Crippen LogP contribution in [-0.4, -0.2) is 19.7 Å². The normalized spacial score (nSPS) is 10.6. The van der Waals surface area contributed by atoms with Crippen LogP contribution >= 0.6 is 15.9 Å². The number of rotatable bonds is 8. The van der Waals surface area contributed by atoms with E-state index in [1.807, 2.05) is 12.1 Å². The van der Waals surface area contributed by atoms with Crippen LogP contribution < -0.4 is 5.32 Å². The fourth-order valence-electron chi connectivity index (χ4n) is 1.42. The molecule has 0 aliphatic carbocycles. The van der Waals surface area contributed by atoms with Crippen LogP contribution in [0, 0.1) is 0 Å². The molecule has 1 N–H and O–H groups in total. The number of benzene rings is 1. The molecule has 0 radical (unpaired) electrons. The number of halogens is 1. The van der Waals surface area contributed by atoms with Crippen molar-refractivity contribution in [1.29, 1.82) is 0 Å². The van der Waals surface area contributed by atoms with Crippen molar-refractivity contribution in [2.24, 2.45) is 0 Å². The van der Waals surface area contributed by atoms with E-state index in [2.05, 4.69) is 40.3 Å². The van der Waals surface area contributed by atoms with Crippen LogP contribution in [0.15, 0.2) is 28.7 Å². The molecule has 0 bridgehead atoms. The fraction of sp³-hybridized carbons (Fsp3) is 0.538. The van der Waals surface area contributed by atoms with E-state index in [0.717, 1.165) is 30.6 Å². The smallest absolute Gasteiger partial charge is 0.0717 e. The Hall–Kier alpha value is -0.380. The summed E-state index contributed by atoms with van der Waals surface area (Å²) < 4.78 is 6.70. The van der Waals surface area contributed by atoms with Crippen LogP contribution in [0.25, 0.3) is 0 Å². The lowest BCUT2D eigenvalue weighted by molar-refractivity contribution is 0.118. The van der Waals surface area contributed by atoms with Crippen LogP contribution in [0.3, 0.4) is 0 Å². The number of hydrogen-bond acceptors (Lipinski definition) is 2. The zero-order valence-corrected chi connectivity index (χ0v) is 11.4. The van der Waals surface area contributed by atoms with E-state index in [-0.39, 0.29) is 0 Å². The van der Waals surface area contributed by atoms with E-state index < -0.39 is 0 Å². The van der Waals surface area contributed by atoms with Gasteiger partial charge in [0.25, 0.3) is 0 Å². The second-order valence-corrected chi connectivity index (χ2v) is 4.70. The van der Waals surface area contributed by atoms with Crippen molar-refractivity contribution in [3.8, 4) is 0 Å². The predicted octanol–water partition coefficient (Wildman–Crippen LogP) is 3.36. The van der Waals surface area contributed by atoms with E-state index >= 15 is 0 Å². The first-order chi connectivity index (χ1) is 7.83. The molecular formula is C13H20BrNO. The molecule has 0 heterocycles. The standard InChI is InChI=1S/C13H20BrNO/c1-2-7-15-8-4-9-16-11-12-5-3-6-13(14)10-12/h3,5-6,10,15H,2,4,7-9,11H2,1H3. The molecule has 3 heteroatoms. The number of hydrogen-bond donors (Lipinski definition) is 1. The molecule has 2 nitrogen and oxygen atoms in total. The second kappa shape index (κ2) is 8.74. The van der Waals surface area contributed by atoms with Gasteiger partial charge in [-0.2, -0.15) is 0 Å². The minimum absolute atomic E-state index is 0.702. The van der Waals surface area contributed by atoms with E-state index in [4.69, 9.17) is 4.74 Å². The fourth-order valence-corrected chi connectivity index (χ4v) is 1.86. The van der Waals surface area contributed by atoms with E-state index in [0.29, 0.717) is 6.61 Å². The minimum Gasteiger partial charge on any atom is -0.377 e. The first-order valence-corrected chi connectivity index (χ1v) is 6.65. The summed E-state index contributed by atoms with van der Waals surface area (Å²) in [6, 6.07) is 8.24. The van der Waals surface area contributed by atoms with Gasteiger partial charge in [-0.3, -0.25) is 0 Å². The van der Waals surface area contributed by atoms with Gasteiger partial charge in [-0.1, -0.05) is 35.0 Å². The third-order valence-corrected chi connectivity index (χ3v) is 2.72. The highest BCUT2D eigenvalue weighted by atomic mass is 79.9. The maximum atomic E-state index is 5.59. The first-order valence-electron chi connectivity index (χ1n) is 5.86. The van der Waals surface area contributed by atoms with Crippen LogP contribution in [-0.2, 0) is 11.3 Å². The molecule has 0 aliphatic rings. The number of nitrogens with one attached hydrogen (secondary N) is 1. The molecule has 1 aromatic carbocycles. The molecule has 0 aliphatic heterocycles. The van der Waals surface area contributed by atoms with E-state index in [1.54, 1.807) is 0 Å². The molecule has 0 fully saturated rings. The molecule has 90 valence electrons. The summed E-state index contributed by atoms with van der Waals surface area (Å²) >= 11 is 3.45. The van der Waals surface area contributed by atoms with Crippen molar-refractivity contribution in [3.05, 3.63) is 34.3 Å². The third kappa shape index (κ3) is 6.26. The van der Waals surface area contributed by atoms with Crippen molar-refractivity contribution in [3.63, 3.8) is 0 Å². The van der Waals surface area contributed by atoms with Crippen molar-refractivity contribution in [1.82, 2.24) is 5.32 Å². The molecule has 0 amide bonds. The van der Waals surface area contributed by atoms with Crippen LogP contribution in [0.2, 0.25) is 0 Å². The average Bonchev–Trinajstić information content (AvgIpc) is 2.28. The van der Waals surface area contributed by atoms with Gasteiger partial charge in [-0.05, 0) is 43.6 Å². The Balaban J connectivity index is 2.03. The van der Waals surface area contributed by atoms with Gasteiger partial charge in [-0.25, -0.2) is 0 Å². The van der Waals surface area contributed by atoms with Gasteiger partial charge in [0.05, 0.1) is 6.61 Å². The lowest BCUT2D eigenvalue weighted by atomic mass is 10.2. The van der Waals surface area contributed by atoms with Gasteiger partial charge in [0, 0.05) is 11.1 Å². The molecular weight excluding hydrogens is 266 g/mol. The van der Waals surface area contributed by atoms with Gasteiger partial charge < -0.3 is 10.1 Å². The molecule has 0 saturated carbocycles. The van der Waals surface area contributed by atoms with Gasteiger partial charge >= 0.3 is 0 Å². The molecule has 16 heavy (non-hydrogen) atoms. The maximum Gasteiger partial charge on any atom is 0.0717 e. The molecule has 0 spiro atoms. The molecule has 0 saturated heterocycles. The Morgan fingerprint density at radius 3 is 2.94 bits per heavy atom. The lowest BCUT2D eigenvalue weighted by Gasteiger charge is -2.05. The second-order valence-electron chi connectivity index (χ2n) is 3.79. The summed E-state index contributed by atoms with van der Waals surface area (Å²) in [5.74, 6) is 0. The molecule has 0 unspecified atom stereocenters. The highest BCUT2D eigenvalue weighted by Gasteiger charge is 1.94. The predicted molar refractivity (Wildman–Crippen MR) is 71.6 cm³/mol. The highest BCUT2D eigenvalue weighted by Crippen LogP contribution is 2.12. The molecule has 0 aromatic heterocycles. The summed E-state index contributed by atoms with van der Waals surface area (Å²) in [5.41, 5.74) is 1.22. The highest BCUT2D eigenvalue weighted by molar-refractivity contribution is 9.10. The lowest BCUT2D eigenvalue weighted by Crippen LogP contribution is -2.17. The Morgan fingerprint density at radius 1 is 1.31 bits per heavy atom. The Bertz CT molecular complexity index is 291. The van der Waals surface area contributed by atoms with Crippen molar-refractivity contribution < 1.29 is 4.74 Å². The largest absolute Gasteiger partial charge is 0.377 e. The van der Waals surface area contributed by atoms with Gasteiger partial charge in [0.15, 0.2) is 0 Å². The van der Waals surface area contributed by atoms with Crippen LogP contribution in [0.5, 0.6) is 0 Å². The summed E-state index contributed by atoms with van der Waals surface area (Å²) in [4.78, 5) is 0. The molecule has 1 aromatic rings. The first kappa shape index (κ1) is 13.7. The molecule has 0 atom stereocenters. The Morgan fingerprint density at radius 2 is 2.19 bits per heavy atom. The minimum atomic E-state index is 0.702. The SMILES string of the molecule is CCCNCCCOCc1cccc(Br)c1. The Kier molecular flexibility index (Phi) is 7.47. The van der Waals surface area contributed by atoms with E-state index in [1.165, 1.54) is 12.0 Å². The monoisotopic (exact) mass is 285 g/mol. The van der Waals surface area contributed by atoms with Gasteiger partial charge in [-0.15, -0.1) is 0 Å².